The number of nitrogens with one attached hydrogen (secondary N) is 1. The zero-order valence-electron chi connectivity index (χ0n) is 14.4. The molecule has 0 atom stereocenters. The molecule has 1 amide bonds. The van der Waals surface area contributed by atoms with Gasteiger partial charge in [-0.05, 0) is 42.2 Å². The summed E-state index contributed by atoms with van der Waals surface area (Å²) in [5.74, 6) is -1.94. The van der Waals surface area contributed by atoms with Crippen LogP contribution in [0.25, 0.3) is 0 Å². The molecule has 0 saturated heterocycles. The number of anilines is 1. The number of phenolic OH excluding ortho intramolecular Hbond substituents is 2. The first kappa shape index (κ1) is 18.3. The quantitative estimate of drug-likeness (QED) is 0.572. The number of aryl methyl sites for hydroxylation is 1. The van der Waals surface area contributed by atoms with Gasteiger partial charge >= 0.3 is 5.97 Å². The molecule has 0 aromatic heterocycles. The molecule has 2 aromatic carbocycles. The van der Waals surface area contributed by atoms with Crippen molar-refractivity contribution in [1.29, 1.82) is 0 Å². The summed E-state index contributed by atoms with van der Waals surface area (Å²) in [6.07, 6.45) is 0. The normalized spacial score (nSPS) is 10.6. The fourth-order valence-corrected chi connectivity index (χ4v) is 2.20. The van der Waals surface area contributed by atoms with Crippen LogP contribution in [0.5, 0.6) is 11.5 Å². The molecule has 0 radical (unpaired) electrons. The molecule has 0 aliphatic rings. The molecule has 0 aliphatic carbocycles. The van der Waals surface area contributed by atoms with Crippen molar-refractivity contribution in [3.8, 4) is 11.5 Å². The molecule has 0 aliphatic heterocycles. The third-order valence-electron chi connectivity index (χ3n) is 3.77. The predicted octanol–water partition coefficient (Wildman–Crippen LogP) is 3.33. The van der Waals surface area contributed by atoms with Crippen molar-refractivity contribution < 1.29 is 24.5 Å². The van der Waals surface area contributed by atoms with Gasteiger partial charge in [0.05, 0.1) is 0 Å². The number of carbonyl (C=O) groups excluding carboxylic acids is 2. The Bertz CT molecular complexity index is 781. The standard InChI is InChI=1S/C19H21NO5/c1-11(2)13-5-7-14(8-6-13)20-16(21)10-25-19(24)15-9-4-12(3)17(22)18(15)23/h4-9,11,22-23H,10H2,1-3H3,(H,20,21). The lowest BCUT2D eigenvalue weighted by Gasteiger charge is -2.10. The molecule has 2 aromatic rings. The summed E-state index contributed by atoms with van der Waals surface area (Å²) < 4.78 is 4.88. The molecule has 0 heterocycles. The molecule has 0 unspecified atom stereocenters. The van der Waals surface area contributed by atoms with E-state index < -0.39 is 24.2 Å². The van der Waals surface area contributed by atoms with Gasteiger partial charge in [-0.25, -0.2) is 4.79 Å². The monoisotopic (exact) mass is 343 g/mol. The van der Waals surface area contributed by atoms with Gasteiger partial charge in [-0.3, -0.25) is 4.79 Å². The van der Waals surface area contributed by atoms with Crippen molar-refractivity contribution >= 4 is 17.6 Å². The lowest BCUT2D eigenvalue weighted by Crippen LogP contribution is -2.21. The zero-order valence-corrected chi connectivity index (χ0v) is 14.4. The van der Waals surface area contributed by atoms with Crippen LogP contribution in [0, 0.1) is 6.92 Å². The van der Waals surface area contributed by atoms with Gasteiger partial charge in [-0.2, -0.15) is 0 Å². The number of aromatic hydroxyl groups is 2. The highest BCUT2D eigenvalue weighted by Crippen LogP contribution is 2.32. The van der Waals surface area contributed by atoms with Gasteiger partial charge in [0.15, 0.2) is 18.1 Å². The van der Waals surface area contributed by atoms with E-state index in [0.717, 1.165) is 5.56 Å². The van der Waals surface area contributed by atoms with Gasteiger partial charge in [0.1, 0.15) is 5.56 Å². The topological polar surface area (TPSA) is 95.9 Å². The molecule has 2 rings (SSSR count). The highest BCUT2D eigenvalue weighted by molar-refractivity contribution is 5.97. The Morgan fingerprint density at radius 1 is 1.04 bits per heavy atom. The third-order valence-corrected chi connectivity index (χ3v) is 3.77. The summed E-state index contributed by atoms with van der Waals surface area (Å²) in [6.45, 7) is 5.23. The maximum absolute atomic E-state index is 11.9. The van der Waals surface area contributed by atoms with Crippen LogP contribution in [-0.2, 0) is 9.53 Å². The Kier molecular flexibility index (Phi) is 5.64. The Morgan fingerprint density at radius 3 is 2.28 bits per heavy atom. The molecular formula is C19H21NO5. The van der Waals surface area contributed by atoms with Crippen molar-refractivity contribution in [3.05, 3.63) is 53.1 Å². The Hall–Kier alpha value is -3.02. The number of hydrogen-bond donors (Lipinski definition) is 3. The summed E-state index contributed by atoms with van der Waals surface area (Å²) in [4.78, 5) is 23.8. The minimum absolute atomic E-state index is 0.197. The minimum Gasteiger partial charge on any atom is -0.504 e. The van der Waals surface area contributed by atoms with Gasteiger partial charge in [0.25, 0.3) is 5.91 Å². The summed E-state index contributed by atoms with van der Waals surface area (Å²) in [5.41, 5.74) is 1.98. The van der Waals surface area contributed by atoms with Crippen LogP contribution >= 0.6 is 0 Å². The molecule has 25 heavy (non-hydrogen) atoms. The number of benzene rings is 2. The number of amides is 1. The van der Waals surface area contributed by atoms with Gasteiger partial charge in [-0.15, -0.1) is 0 Å². The van der Waals surface area contributed by atoms with Crippen LogP contribution < -0.4 is 5.32 Å². The van der Waals surface area contributed by atoms with Gasteiger partial charge < -0.3 is 20.3 Å². The summed E-state index contributed by atoms with van der Waals surface area (Å²) in [6, 6.07) is 10.2. The summed E-state index contributed by atoms with van der Waals surface area (Å²) in [5, 5.41) is 22.0. The molecule has 0 spiro atoms. The number of carbonyl (C=O) groups is 2. The summed E-state index contributed by atoms with van der Waals surface area (Å²) in [7, 11) is 0. The van der Waals surface area contributed by atoms with E-state index in [1.165, 1.54) is 12.1 Å². The van der Waals surface area contributed by atoms with E-state index >= 15 is 0 Å². The molecular weight excluding hydrogens is 322 g/mol. The number of esters is 1. The van der Waals surface area contributed by atoms with E-state index in [2.05, 4.69) is 19.2 Å². The van der Waals surface area contributed by atoms with Crippen LogP contribution in [0.1, 0.15) is 41.3 Å². The molecule has 132 valence electrons. The first-order valence-corrected chi connectivity index (χ1v) is 7.88. The Labute approximate surface area is 146 Å². The molecule has 0 fully saturated rings. The zero-order chi connectivity index (χ0) is 18.6. The Morgan fingerprint density at radius 2 is 1.68 bits per heavy atom. The van der Waals surface area contributed by atoms with Crippen molar-refractivity contribution in [2.75, 3.05) is 11.9 Å². The minimum atomic E-state index is -0.891. The SMILES string of the molecule is Cc1ccc(C(=O)OCC(=O)Nc2ccc(C(C)C)cc2)c(O)c1O. The number of phenols is 2. The first-order valence-electron chi connectivity index (χ1n) is 7.88. The van der Waals surface area contributed by atoms with E-state index in [1.807, 2.05) is 12.1 Å². The predicted molar refractivity (Wildman–Crippen MR) is 94.0 cm³/mol. The average molecular weight is 343 g/mol. The van der Waals surface area contributed by atoms with E-state index in [4.69, 9.17) is 4.74 Å². The lowest BCUT2D eigenvalue weighted by molar-refractivity contribution is -0.119. The molecule has 3 N–H and O–H groups in total. The van der Waals surface area contributed by atoms with E-state index in [-0.39, 0.29) is 11.3 Å². The maximum Gasteiger partial charge on any atom is 0.342 e. The summed E-state index contributed by atoms with van der Waals surface area (Å²) >= 11 is 0. The average Bonchev–Trinajstić information content (AvgIpc) is 2.58. The van der Waals surface area contributed by atoms with Gasteiger partial charge in [0.2, 0.25) is 0 Å². The van der Waals surface area contributed by atoms with Crippen LogP contribution in [-0.4, -0.2) is 28.7 Å². The fraction of sp³-hybridized carbons (Fsp3) is 0.263. The van der Waals surface area contributed by atoms with Gasteiger partial charge in [0, 0.05) is 5.69 Å². The van der Waals surface area contributed by atoms with E-state index in [1.54, 1.807) is 19.1 Å². The van der Waals surface area contributed by atoms with Crippen LogP contribution in [0.2, 0.25) is 0 Å². The highest BCUT2D eigenvalue weighted by Gasteiger charge is 2.18. The van der Waals surface area contributed by atoms with Crippen molar-refractivity contribution in [2.24, 2.45) is 0 Å². The number of hydrogen-bond acceptors (Lipinski definition) is 5. The molecule has 6 heteroatoms. The van der Waals surface area contributed by atoms with Crippen molar-refractivity contribution in [1.82, 2.24) is 0 Å². The van der Waals surface area contributed by atoms with Gasteiger partial charge in [-0.1, -0.05) is 32.0 Å². The largest absolute Gasteiger partial charge is 0.504 e. The Balaban J connectivity index is 1.93. The van der Waals surface area contributed by atoms with Crippen LogP contribution in [0.3, 0.4) is 0 Å². The second-order valence-corrected chi connectivity index (χ2v) is 6.03. The highest BCUT2D eigenvalue weighted by atomic mass is 16.5. The second kappa shape index (κ2) is 7.70. The van der Waals surface area contributed by atoms with E-state index in [9.17, 15) is 19.8 Å². The van der Waals surface area contributed by atoms with Crippen molar-refractivity contribution in [2.45, 2.75) is 26.7 Å². The van der Waals surface area contributed by atoms with Crippen LogP contribution in [0.15, 0.2) is 36.4 Å². The molecule has 0 saturated carbocycles. The van der Waals surface area contributed by atoms with E-state index in [0.29, 0.717) is 17.2 Å². The number of ether oxygens (including phenoxy) is 1. The second-order valence-electron chi connectivity index (χ2n) is 6.03. The smallest absolute Gasteiger partial charge is 0.342 e. The lowest BCUT2D eigenvalue weighted by atomic mass is 10.0. The molecule has 0 bridgehead atoms. The number of rotatable bonds is 5. The van der Waals surface area contributed by atoms with Crippen LogP contribution in [0.4, 0.5) is 5.69 Å². The maximum atomic E-state index is 11.9. The fourth-order valence-electron chi connectivity index (χ4n) is 2.20. The third kappa shape index (κ3) is 4.50. The molecule has 6 nitrogen and oxygen atoms in total. The van der Waals surface area contributed by atoms with Crippen molar-refractivity contribution in [3.63, 3.8) is 0 Å². The first-order chi connectivity index (χ1) is 11.8.